The van der Waals surface area contributed by atoms with E-state index < -0.39 is 0 Å². The molecule has 0 aliphatic heterocycles. The van der Waals surface area contributed by atoms with Gasteiger partial charge in [0.1, 0.15) is 0 Å². The highest BCUT2D eigenvalue weighted by molar-refractivity contribution is 5.16. The van der Waals surface area contributed by atoms with Crippen molar-refractivity contribution in [2.24, 2.45) is 17.6 Å². The van der Waals surface area contributed by atoms with Crippen molar-refractivity contribution in [2.45, 2.75) is 51.6 Å². The van der Waals surface area contributed by atoms with Crippen LogP contribution in [0.5, 0.6) is 0 Å². The largest absolute Gasteiger partial charge is 0.327 e. The molecule has 2 aliphatic rings. The van der Waals surface area contributed by atoms with Crippen LogP contribution in [0.2, 0.25) is 0 Å². The van der Waals surface area contributed by atoms with Gasteiger partial charge in [0, 0.05) is 12.1 Å². The van der Waals surface area contributed by atoms with Crippen LogP contribution in [0.3, 0.4) is 0 Å². The summed E-state index contributed by atoms with van der Waals surface area (Å²) in [6.07, 6.45) is 4.60. The maximum Gasteiger partial charge on any atom is 0.0859 e. The molecule has 16 heavy (non-hydrogen) atoms. The fourth-order valence-electron chi connectivity index (χ4n) is 3.11. The fourth-order valence-corrected chi connectivity index (χ4v) is 3.11. The van der Waals surface area contributed by atoms with Crippen molar-refractivity contribution in [2.75, 3.05) is 0 Å². The van der Waals surface area contributed by atoms with Crippen molar-refractivity contribution in [3.63, 3.8) is 0 Å². The van der Waals surface area contributed by atoms with Gasteiger partial charge in [-0.2, -0.15) is 0 Å². The average Bonchev–Trinajstić information content (AvgIpc) is 2.67. The van der Waals surface area contributed by atoms with Crippen LogP contribution in [0.15, 0.2) is 0 Å². The Hall–Kier alpha value is -0.900. The van der Waals surface area contributed by atoms with Crippen LogP contribution in [0, 0.1) is 11.8 Å². The number of nitrogens with zero attached hydrogens (tertiary/aromatic N) is 3. The van der Waals surface area contributed by atoms with E-state index in [2.05, 4.69) is 28.8 Å². The molecule has 0 bridgehead atoms. The Morgan fingerprint density at radius 2 is 1.94 bits per heavy atom. The molecule has 3 atom stereocenters. The lowest BCUT2D eigenvalue weighted by Crippen LogP contribution is -2.10. The lowest BCUT2D eigenvalue weighted by Gasteiger charge is -2.12. The van der Waals surface area contributed by atoms with Gasteiger partial charge < -0.3 is 5.73 Å². The number of hydrogen-bond donors (Lipinski definition) is 1. The Balaban J connectivity index is 1.87. The van der Waals surface area contributed by atoms with E-state index in [-0.39, 0.29) is 0 Å². The quantitative estimate of drug-likeness (QED) is 0.776. The van der Waals surface area contributed by atoms with E-state index in [1.165, 1.54) is 24.2 Å². The van der Waals surface area contributed by atoms with Crippen molar-refractivity contribution < 1.29 is 0 Å². The monoisotopic (exact) mass is 220 g/mol. The van der Waals surface area contributed by atoms with Crippen molar-refractivity contribution in [3.05, 3.63) is 11.4 Å². The van der Waals surface area contributed by atoms with Crippen LogP contribution in [0.1, 0.15) is 44.1 Å². The molecule has 2 aliphatic carbocycles. The van der Waals surface area contributed by atoms with E-state index in [1.807, 2.05) is 0 Å². The van der Waals surface area contributed by atoms with Gasteiger partial charge in [-0.3, -0.25) is 0 Å². The molecule has 88 valence electrons. The molecular weight excluding hydrogens is 200 g/mol. The first-order valence-electron chi connectivity index (χ1n) is 6.37. The molecule has 0 amide bonds. The number of aromatic nitrogens is 3. The van der Waals surface area contributed by atoms with Gasteiger partial charge in [0.25, 0.3) is 0 Å². The summed E-state index contributed by atoms with van der Waals surface area (Å²) in [7, 11) is 0. The number of rotatable bonds is 1. The van der Waals surface area contributed by atoms with E-state index in [4.69, 9.17) is 5.73 Å². The summed E-state index contributed by atoms with van der Waals surface area (Å²) in [5, 5.41) is 8.60. The molecule has 1 aromatic heterocycles. The Morgan fingerprint density at radius 1 is 1.25 bits per heavy atom. The van der Waals surface area contributed by atoms with E-state index in [1.54, 1.807) is 0 Å². The highest BCUT2D eigenvalue weighted by Crippen LogP contribution is 2.45. The molecular formula is C12H20N4. The molecule has 2 N–H and O–H groups in total. The molecule has 1 aromatic rings. The Bertz CT molecular complexity index is 396. The van der Waals surface area contributed by atoms with E-state index in [9.17, 15) is 0 Å². The van der Waals surface area contributed by atoms with E-state index in [0.29, 0.717) is 12.1 Å². The standard InChI is InChI=1S/C12H20N4/c1-7(2)16-11-6-4-9-8(12(9)13)3-5-10(11)14-15-16/h7-9,12H,3-6,13H2,1-2H3. The second kappa shape index (κ2) is 3.55. The van der Waals surface area contributed by atoms with Crippen LogP contribution >= 0.6 is 0 Å². The molecule has 1 saturated carbocycles. The second-order valence-electron chi connectivity index (χ2n) is 5.50. The molecule has 0 radical (unpaired) electrons. The highest BCUT2D eigenvalue weighted by Gasteiger charge is 2.47. The van der Waals surface area contributed by atoms with Gasteiger partial charge in [0.05, 0.1) is 11.4 Å². The SMILES string of the molecule is CC(C)n1nnc2c1CCC1C(N)C1CC2. The van der Waals surface area contributed by atoms with E-state index >= 15 is 0 Å². The fraction of sp³-hybridized carbons (Fsp3) is 0.833. The molecule has 3 rings (SSSR count). The molecule has 4 nitrogen and oxygen atoms in total. The van der Waals surface area contributed by atoms with Gasteiger partial charge in [0.2, 0.25) is 0 Å². The first-order valence-corrected chi connectivity index (χ1v) is 6.37. The molecule has 0 aromatic carbocycles. The summed E-state index contributed by atoms with van der Waals surface area (Å²) in [6.45, 7) is 4.33. The van der Waals surface area contributed by atoms with Gasteiger partial charge >= 0.3 is 0 Å². The van der Waals surface area contributed by atoms with Gasteiger partial charge in [-0.25, -0.2) is 4.68 Å². The Morgan fingerprint density at radius 3 is 2.62 bits per heavy atom. The summed E-state index contributed by atoms with van der Waals surface area (Å²) < 4.78 is 2.09. The van der Waals surface area contributed by atoms with Crippen LogP contribution in [0.4, 0.5) is 0 Å². The predicted molar refractivity (Wildman–Crippen MR) is 62.0 cm³/mol. The zero-order valence-corrected chi connectivity index (χ0v) is 10.1. The second-order valence-corrected chi connectivity index (χ2v) is 5.50. The van der Waals surface area contributed by atoms with Crippen molar-refractivity contribution in [1.82, 2.24) is 15.0 Å². The summed E-state index contributed by atoms with van der Waals surface area (Å²) >= 11 is 0. The predicted octanol–water partition coefficient (Wildman–Crippen LogP) is 1.31. The van der Waals surface area contributed by atoms with Crippen LogP contribution in [0.25, 0.3) is 0 Å². The smallest absolute Gasteiger partial charge is 0.0859 e. The lowest BCUT2D eigenvalue weighted by molar-refractivity contribution is 0.481. The number of hydrogen-bond acceptors (Lipinski definition) is 3. The minimum absolute atomic E-state index is 0.416. The zero-order valence-electron chi connectivity index (χ0n) is 10.1. The lowest BCUT2D eigenvalue weighted by atomic mass is 10.0. The van der Waals surface area contributed by atoms with Gasteiger partial charge in [-0.1, -0.05) is 5.21 Å². The highest BCUT2D eigenvalue weighted by atomic mass is 15.4. The minimum atomic E-state index is 0.416. The van der Waals surface area contributed by atoms with Gasteiger partial charge in [-0.15, -0.1) is 5.10 Å². The van der Waals surface area contributed by atoms with Crippen molar-refractivity contribution in [1.29, 1.82) is 0 Å². The summed E-state index contributed by atoms with van der Waals surface area (Å²) in [5.41, 5.74) is 8.64. The molecule has 4 heteroatoms. The minimum Gasteiger partial charge on any atom is -0.327 e. The third-order valence-electron chi connectivity index (χ3n) is 4.19. The molecule has 1 heterocycles. The normalized spacial score (nSPS) is 32.9. The molecule has 0 saturated heterocycles. The van der Waals surface area contributed by atoms with Crippen molar-refractivity contribution in [3.8, 4) is 0 Å². The summed E-state index contributed by atoms with van der Waals surface area (Å²) in [6, 6.07) is 0.879. The van der Waals surface area contributed by atoms with Gasteiger partial charge in [0.15, 0.2) is 0 Å². The maximum atomic E-state index is 6.07. The molecule has 3 unspecified atom stereocenters. The Kier molecular flexibility index (Phi) is 2.28. The molecule has 1 fully saturated rings. The first-order chi connectivity index (χ1) is 7.68. The molecule has 0 spiro atoms. The topological polar surface area (TPSA) is 56.7 Å². The number of nitrogens with two attached hydrogens (primary N) is 1. The van der Waals surface area contributed by atoms with Crippen LogP contribution in [-0.2, 0) is 12.8 Å². The summed E-state index contributed by atoms with van der Waals surface area (Å²) in [4.78, 5) is 0. The third-order valence-corrected chi connectivity index (χ3v) is 4.19. The maximum absolute atomic E-state index is 6.07. The Labute approximate surface area is 96.2 Å². The number of fused-ring (bicyclic) bond motifs is 2. The van der Waals surface area contributed by atoms with Crippen molar-refractivity contribution >= 4 is 0 Å². The average molecular weight is 220 g/mol. The summed E-state index contributed by atoms with van der Waals surface area (Å²) in [5.74, 6) is 1.53. The zero-order chi connectivity index (χ0) is 11.3. The van der Waals surface area contributed by atoms with Gasteiger partial charge in [-0.05, 0) is 51.4 Å². The van der Waals surface area contributed by atoms with Crippen LogP contribution < -0.4 is 5.73 Å². The third kappa shape index (κ3) is 1.47. The first kappa shape index (κ1) is 10.3. The van der Waals surface area contributed by atoms with E-state index in [0.717, 1.165) is 24.7 Å². The van der Waals surface area contributed by atoms with Crippen LogP contribution in [-0.4, -0.2) is 21.0 Å². The number of aryl methyl sites for hydroxylation is 1.